The second-order valence-electron chi connectivity index (χ2n) is 4.30. The third kappa shape index (κ3) is 2.87. The minimum Gasteiger partial charge on any atom is -0.324 e. The zero-order chi connectivity index (χ0) is 12.4. The van der Waals surface area contributed by atoms with Gasteiger partial charge in [0.25, 0.3) is 0 Å². The fourth-order valence-electron chi connectivity index (χ4n) is 1.81. The number of hydrogen-bond donors (Lipinski definition) is 1. The number of halogens is 1. The molecule has 0 aliphatic heterocycles. The standard InChI is InChI=1S/C13H16ClN3/c1-9-7-10(3-4-12(9)14)13(15)8-11-5-6-17(2)16-11/h3-7,13H,8,15H2,1-2H3. The summed E-state index contributed by atoms with van der Waals surface area (Å²) in [6.07, 6.45) is 2.66. The van der Waals surface area contributed by atoms with Crippen molar-refractivity contribution in [1.29, 1.82) is 0 Å². The number of aromatic nitrogens is 2. The molecule has 1 heterocycles. The summed E-state index contributed by atoms with van der Waals surface area (Å²) in [7, 11) is 1.90. The van der Waals surface area contributed by atoms with E-state index in [-0.39, 0.29) is 6.04 Å². The maximum atomic E-state index is 6.16. The van der Waals surface area contributed by atoms with E-state index in [0.29, 0.717) is 0 Å². The van der Waals surface area contributed by atoms with E-state index in [0.717, 1.165) is 28.3 Å². The molecule has 1 unspecified atom stereocenters. The largest absolute Gasteiger partial charge is 0.324 e. The highest BCUT2D eigenvalue weighted by Gasteiger charge is 2.10. The number of benzene rings is 1. The molecule has 3 nitrogen and oxygen atoms in total. The van der Waals surface area contributed by atoms with E-state index in [1.807, 2.05) is 44.4 Å². The number of rotatable bonds is 3. The Morgan fingerprint density at radius 3 is 2.76 bits per heavy atom. The average molecular weight is 250 g/mol. The van der Waals surface area contributed by atoms with Crippen LogP contribution in [-0.2, 0) is 13.5 Å². The summed E-state index contributed by atoms with van der Waals surface area (Å²) in [6, 6.07) is 7.85. The molecule has 0 aliphatic carbocycles. The molecule has 1 aromatic carbocycles. The van der Waals surface area contributed by atoms with Gasteiger partial charge in [0, 0.05) is 30.7 Å². The van der Waals surface area contributed by atoms with Crippen LogP contribution < -0.4 is 5.73 Å². The normalized spacial score (nSPS) is 12.7. The van der Waals surface area contributed by atoms with Crippen LogP contribution in [0.25, 0.3) is 0 Å². The molecule has 0 fully saturated rings. The van der Waals surface area contributed by atoms with Crippen LogP contribution in [0.5, 0.6) is 0 Å². The Balaban J connectivity index is 2.14. The Bertz CT molecular complexity index is 519. The van der Waals surface area contributed by atoms with Crippen molar-refractivity contribution >= 4 is 11.6 Å². The van der Waals surface area contributed by atoms with E-state index < -0.39 is 0 Å². The van der Waals surface area contributed by atoms with Crippen molar-refractivity contribution in [2.24, 2.45) is 12.8 Å². The topological polar surface area (TPSA) is 43.8 Å². The van der Waals surface area contributed by atoms with Crippen molar-refractivity contribution in [2.75, 3.05) is 0 Å². The molecule has 1 aromatic heterocycles. The summed E-state index contributed by atoms with van der Waals surface area (Å²) >= 11 is 5.99. The van der Waals surface area contributed by atoms with Crippen LogP contribution >= 0.6 is 11.6 Å². The van der Waals surface area contributed by atoms with Crippen molar-refractivity contribution in [3.05, 3.63) is 52.3 Å². The van der Waals surface area contributed by atoms with Gasteiger partial charge in [-0.1, -0.05) is 23.7 Å². The van der Waals surface area contributed by atoms with Crippen LogP contribution in [0.1, 0.15) is 22.9 Å². The first-order valence-electron chi connectivity index (χ1n) is 5.56. The van der Waals surface area contributed by atoms with Gasteiger partial charge in [-0.25, -0.2) is 0 Å². The molecule has 0 aliphatic rings. The van der Waals surface area contributed by atoms with Crippen molar-refractivity contribution < 1.29 is 0 Å². The third-order valence-corrected chi connectivity index (χ3v) is 3.23. The molecule has 0 bridgehead atoms. The monoisotopic (exact) mass is 249 g/mol. The first-order valence-corrected chi connectivity index (χ1v) is 5.94. The quantitative estimate of drug-likeness (QED) is 0.909. The lowest BCUT2D eigenvalue weighted by Gasteiger charge is -2.11. The van der Waals surface area contributed by atoms with Crippen LogP contribution in [0.3, 0.4) is 0 Å². The second-order valence-corrected chi connectivity index (χ2v) is 4.71. The fourth-order valence-corrected chi connectivity index (χ4v) is 1.93. The highest BCUT2D eigenvalue weighted by atomic mass is 35.5. The fraction of sp³-hybridized carbons (Fsp3) is 0.308. The number of aryl methyl sites for hydroxylation is 2. The lowest BCUT2D eigenvalue weighted by molar-refractivity contribution is 0.675. The van der Waals surface area contributed by atoms with Gasteiger partial charge in [0.15, 0.2) is 0 Å². The van der Waals surface area contributed by atoms with Crippen LogP contribution in [0, 0.1) is 6.92 Å². The number of nitrogens with zero attached hydrogens (tertiary/aromatic N) is 2. The molecular formula is C13H16ClN3. The van der Waals surface area contributed by atoms with E-state index in [1.54, 1.807) is 4.68 Å². The Hall–Kier alpha value is -1.32. The van der Waals surface area contributed by atoms with Gasteiger partial charge in [-0.05, 0) is 30.2 Å². The molecule has 2 aromatic rings. The predicted octanol–water partition coefficient (Wildman–Crippen LogP) is 2.62. The van der Waals surface area contributed by atoms with Crippen LogP contribution in [0.2, 0.25) is 5.02 Å². The van der Waals surface area contributed by atoms with Gasteiger partial charge in [0.05, 0.1) is 5.69 Å². The van der Waals surface area contributed by atoms with Gasteiger partial charge in [0.1, 0.15) is 0 Å². The zero-order valence-corrected chi connectivity index (χ0v) is 10.8. The Morgan fingerprint density at radius 1 is 1.41 bits per heavy atom. The van der Waals surface area contributed by atoms with Gasteiger partial charge < -0.3 is 5.73 Å². The lowest BCUT2D eigenvalue weighted by Crippen LogP contribution is -2.14. The zero-order valence-electron chi connectivity index (χ0n) is 10.0. The van der Waals surface area contributed by atoms with Crippen LogP contribution in [0.15, 0.2) is 30.5 Å². The minimum absolute atomic E-state index is 0.0409. The van der Waals surface area contributed by atoms with E-state index >= 15 is 0 Å². The summed E-state index contributed by atoms with van der Waals surface area (Å²) in [4.78, 5) is 0. The highest BCUT2D eigenvalue weighted by Crippen LogP contribution is 2.21. The Kier molecular flexibility index (Phi) is 3.50. The highest BCUT2D eigenvalue weighted by molar-refractivity contribution is 6.31. The molecule has 2 rings (SSSR count). The smallest absolute Gasteiger partial charge is 0.0643 e. The van der Waals surface area contributed by atoms with Gasteiger partial charge in [-0.2, -0.15) is 5.10 Å². The summed E-state index contributed by atoms with van der Waals surface area (Å²) < 4.78 is 1.79. The van der Waals surface area contributed by atoms with Gasteiger partial charge in [-0.3, -0.25) is 4.68 Å². The predicted molar refractivity (Wildman–Crippen MR) is 70.0 cm³/mol. The maximum absolute atomic E-state index is 6.16. The lowest BCUT2D eigenvalue weighted by atomic mass is 10.0. The van der Waals surface area contributed by atoms with Crippen molar-refractivity contribution in [2.45, 2.75) is 19.4 Å². The van der Waals surface area contributed by atoms with Crippen molar-refractivity contribution in [1.82, 2.24) is 9.78 Å². The minimum atomic E-state index is -0.0409. The summed E-state index contributed by atoms with van der Waals surface area (Å²) in [5.74, 6) is 0. The number of hydrogen-bond acceptors (Lipinski definition) is 2. The van der Waals surface area contributed by atoms with E-state index in [2.05, 4.69) is 5.10 Å². The van der Waals surface area contributed by atoms with Crippen molar-refractivity contribution in [3.63, 3.8) is 0 Å². The molecule has 0 spiro atoms. The van der Waals surface area contributed by atoms with Crippen LogP contribution in [-0.4, -0.2) is 9.78 Å². The van der Waals surface area contributed by atoms with E-state index in [4.69, 9.17) is 17.3 Å². The number of nitrogens with two attached hydrogens (primary N) is 1. The van der Waals surface area contributed by atoms with Crippen LogP contribution in [0.4, 0.5) is 0 Å². The molecule has 0 amide bonds. The van der Waals surface area contributed by atoms with Gasteiger partial charge in [0.2, 0.25) is 0 Å². The SMILES string of the molecule is Cc1cc(C(N)Cc2ccn(C)n2)ccc1Cl. The molecule has 0 saturated carbocycles. The third-order valence-electron chi connectivity index (χ3n) is 2.81. The van der Waals surface area contributed by atoms with E-state index in [9.17, 15) is 0 Å². The first-order chi connectivity index (χ1) is 8.06. The molecule has 0 saturated heterocycles. The average Bonchev–Trinajstić information content (AvgIpc) is 2.68. The molecular weight excluding hydrogens is 234 g/mol. The summed E-state index contributed by atoms with van der Waals surface area (Å²) in [5, 5.41) is 5.10. The second kappa shape index (κ2) is 4.90. The van der Waals surface area contributed by atoms with Gasteiger partial charge >= 0.3 is 0 Å². The molecule has 0 radical (unpaired) electrons. The molecule has 1 atom stereocenters. The first kappa shape index (κ1) is 12.1. The van der Waals surface area contributed by atoms with Gasteiger partial charge in [-0.15, -0.1) is 0 Å². The summed E-state index contributed by atoms with van der Waals surface area (Å²) in [5.41, 5.74) is 9.32. The van der Waals surface area contributed by atoms with E-state index in [1.165, 1.54) is 0 Å². The molecule has 90 valence electrons. The summed E-state index contributed by atoms with van der Waals surface area (Å²) in [6.45, 7) is 1.99. The molecule has 4 heteroatoms. The molecule has 2 N–H and O–H groups in total. The Morgan fingerprint density at radius 2 is 2.18 bits per heavy atom. The molecule has 17 heavy (non-hydrogen) atoms. The van der Waals surface area contributed by atoms with Crippen molar-refractivity contribution in [3.8, 4) is 0 Å². The Labute approximate surface area is 106 Å². The maximum Gasteiger partial charge on any atom is 0.0643 e.